The van der Waals surface area contributed by atoms with Crippen molar-refractivity contribution in [1.82, 2.24) is 0 Å². The van der Waals surface area contributed by atoms with Gasteiger partial charge >= 0.3 is 5.97 Å². The van der Waals surface area contributed by atoms with Crippen molar-refractivity contribution in [2.45, 2.75) is 19.8 Å². The predicted molar refractivity (Wildman–Crippen MR) is 70.0 cm³/mol. The van der Waals surface area contributed by atoms with Crippen LogP contribution in [-0.4, -0.2) is 25.3 Å². The number of carbonyl (C=O) groups is 1. The number of rotatable bonds is 4. The summed E-state index contributed by atoms with van der Waals surface area (Å²) in [6.45, 7) is 1.93. The lowest BCUT2D eigenvalue weighted by molar-refractivity contribution is 0.0596. The molecule has 0 aliphatic carbocycles. The van der Waals surface area contributed by atoms with Crippen LogP contribution in [-0.2, 0) is 11.2 Å². The van der Waals surface area contributed by atoms with Crippen molar-refractivity contribution in [3.8, 4) is 11.5 Å². The minimum atomic E-state index is -0.678. The van der Waals surface area contributed by atoms with Crippen LogP contribution >= 0.6 is 23.2 Å². The minimum Gasteiger partial charge on any atom is -0.505 e. The van der Waals surface area contributed by atoms with E-state index in [0.717, 1.165) is 6.42 Å². The van der Waals surface area contributed by atoms with E-state index in [2.05, 4.69) is 4.74 Å². The quantitative estimate of drug-likeness (QED) is 0.864. The Morgan fingerprint density at radius 2 is 1.89 bits per heavy atom. The van der Waals surface area contributed by atoms with Crippen molar-refractivity contribution in [3.63, 3.8) is 0 Å². The van der Waals surface area contributed by atoms with E-state index in [0.29, 0.717) is 12.0 Å². The number of ether oxygens (including phenoxy) is 2. The normalized spacial score (nSPS) is 10.3. The summed E-state index contributed by atoms with van der Waals surface area (Å²) in [7, 11) is 2.61. The summed E-state index contributed by atoms with van der Waals surface area (Å²) < 4.78 is 9.67. The number of hydrogen-bond acceptors (Lipinski definition) is 4. The molecule has 1 N–H and O–H groups in total. The number of methoxy groups -OCH3 is 2. The first-order valence-electron chi connectivity index (χ1n) is 5.34. The Hall–Kier alpha value is -1.13. The van der Waals surface area contributed by atoms with Crippen LogP contribution in [0.4, 0.5) is 0 Å². The van der Waals surface area contributed by atoms with Gasteiger partial charge in [0.1, 0.15) is 10.6 Å². The van der Waals surface area contributed by atoms with Crippen LogP contribution in [0.1, 0.15) is 29.3 Å². The summed E-state index contributed by atoms with van der Waals surface area (Å²) in [6, 6.07) is 0. The Labute approximate surface area is 115 Å². The number of phenolic OH excluding ortho intramolecular Hbond substituents is 1. The molecule has 0 saturated carbocycles. The lowest BCUT2D eigenvalue weighted by atomic mass is 10.0. The zero-order chi connectivity index (χ0) is 13.9. The molecule has 0 aromatic heterocycles. The fourth-order valence-electron chi connectivity index (χ4n) is 1.69. The van der Waals surface area contributed by atoms with Crippen molar-refractivity contribution in [1.29, 1.82) is 0 Å². The zero-order valence-corrected chi connectivity index (χ0v) is 11.9. The van der Waals surface area contributed by atoms with Gasteiger partial charge in [-0.1, -0.05) is 36.5 Å². The molecule has 100 valence electrons. The van der Waals surface area contributed by atoms with Gasteiger partial charge in [0, 0.05) is 0 Å². The smallest absolute Gasteiger partial charge is 0.342 e. The predicted octanol–water partition coefficient (Wildman–Crippen LogP) is 3.45. The van der Waals surface area contributed by atoms with E-state index in [4.69, 9.17) is 27.9 Å². The van der Waals surface area contributed by atoms with Crippen molar-refractivity contribution in [3.05, 3.63) is 21.2 Å². The molecule has 0 atom stereocenters. The van der Waals surface area contributed by atoms with Crippen molar-refractivity contribution >= 4 is 29.2 Å². The molecule has 0 radical (unpaired) electrons. The number of esters is 1. The molecule has 18 heavy (non-hydrogen) atoms. The highest BCUT2D eigenvalue weighted by molar-refractivity contribution is 6.39. The highest BCUT2D eigenvalue weighted by Gasteiger charge is 2.26. The molecule has 1 rings (SSSR count). The van der Waals surface area contributed by atoms with Gasteiger partial charge in [-0.2, -0.15) is 0 Å². The fourth-order valence-corrected chi connectivity index (χ4v) is 2.36. The zero-order valence-electron chi connectivity index (χ0n) is 10.3. The third-order valence-electron chi connectivity index (χ3n) is 2.50. The molecule has 0 amide bonds. The number of phenols is 1. The number of halogens is 2. The monoisotopic (exact) mass is 292 g/mol. The van der Waals surface area contributed by atoms with Gasteiger partial charge in [-0.05, 0) is 12.0 Å². The van der Waals surface area contributed by atoms with Gasteiger partial charge in [0.25, 0.3) is 0 Å². The van der Waals surface area contributed by atoms with Crippen LogP contribution in [0.2, 0.25) is 10.0 Å². The average Bonchev–Trinajstić information content (AvgIpc) is 2.36. The van der Waals surface area contributed by atoms with E-state index in [1.54, 1.807) is 0 Å². The lowest BCUT2D eigenvalue weighted by Crippen LogP contribution is -2.08. The maximum atomic E-state index is 11.7. The molecule has 1 aromatic rings. The highest BCUT2D eigenvalue weighted by atomic mass is 35.5. The molecule has 1 aromatic carbocycles. The summed E-state index contributed by atoms with van der Waals surface area (Å²) in [5.41, 5.74) is 0.472. The van der Waals surface area contributed by atoms with Crippen molar-refractivity contribution in [2.75, 3.05) is 14.2 Å². The third-order valence-corrected chi connectivity index (χ3v) is 3.25. The fraction of sp³-hybridized carbons (Fsp3) is 0.417. The molecule has 0 heterocycles. The Kier molecular flexibility index (Phi) is 5.11. The summed E-state index contributed by atoms with van der Waals surface area (Å²) in [6.07, 6.45) is 1.25. The second-order valence-electron chi connectivity index (χ2n) is 3.60. The van der Waals surface area contributed by atoms with Crippen LogP contribution in [0.15, 0.2) is 0 Å². The standard InChI is InChI=1S/C12H14Cl2O4/c1-4-5-6-7(12(16)18-3)10(15)9(14)11(17-2)8(6)13/h15H,4-5H2,1-3H3. The van der Waals surface area contributed by atoms with E-state index in [-0.39, 0.29) is 27.1 Å². The SMILES string of the molecule is CCCc1c(Cl)c(OC)c(Cl)c(O)c1C(=O)OC. The molecular formula is C12H14Cl2O4. The number of carbonyl (C=O) groups excluding carboxylic acids is 1. The Morgan fingerprint density at radius 1 is 1.28 bits per heavy atom. The van der Waals surface area contributed by atoms with E-state index < -0.39 is 5.97 Å². The summed E-state index contributed by atoms with van der Waals surface area (Å²) in [5, 5.41) is 10.1. The van der Waals surface area contributed by atoms with Crippen LogP contribution in [0, 0.1) is 0 Å². The van der Waals surface area contributed by atoms with Gasteiger partial charge in [0.15, 0.2) is 11.5 Å². The number of hydrogen-bond donors (Lipinski definition) is 1. The van der Waals surface area contributed by atoms with Gasteiger partial charge < -0.3 is 14.6 Å². The van der Waals surface area contributed by atoms with Crippen molar-refractivity contribution in [2.24, 2.45) is 0 Å². The van der Waals surface area contributed by atoms with Gasteiger partial charge in [0.2, 0.25) is 0 Å². The molecule has 0 spiro atoms. The second-order valence-corrected chi connectivity index (χ2v) is 4.36. The van der Waals surface area contributed by atoms with E-state index in [9.17, 15) is 9.90 Å². The maximum Gasteiger partial charge on any atom is 0.342 e. The number of aromatic hydroxyl groups is 1. The second kappa shape index (κ2) is 6.16. The van der Waals surface area contributed by atoms with Crippen LogP contribution in [0.3, 0.4) is 0 Å². The van der Waals surface area contributed by atoms with E-state index >= 15 is 0 Å². The van der Waals surface area contributed by atoms with Gasteiger partial charge in [-0.15, -0.1) is 0 Å². The average molecular weight is 293 g/mol. The summed E-state index contributed by atoms with van der Waals surface area (Å²) >= 11 is 12.1. The molecule has 4 nitrogen and oxygen atoms in total. The Balaban J connectivity index is 3.62. The molecule has 0 aliphatic heterocycles. The molecule has 0 unspecified atom stereocenters. The molecule has 0 aliphatic rings. The number of benzene rings is 1. The molecule has 0 bridgehead atoms. The highest BCUT2D eigenvalue weighted by Crippen LogP contribution is 2.45. The van der Waals surface area contributed by atoms with E-state index in [1.807, 2.05) is 6.92 Å². The first-order valence-corrected chi connectivity index (χ1v) is 6.10. The van der Waals surface area contributed by atoms with E-state index in [1.165, 1.54) is 14.2 Å². The molecule has 0 saturated heterocycles. The lowest BCUT2D eigenvalue weighted by Gasteiger charge is -2.16. The van der Waals surface area contributed by atoms with Gasteiger partial charge in [-0.3, -0.25) is 0 Å². The van der Waals surface area contributed by atoms with Crippen LogP contribution < -0.4 is 4.74 Å². The Bertz CT molecular complexity index is 472. The first kappa shape index (κ1) is 14.9. The minimum absolute atomic E-state index is 0.00449. The van der Waals surface area contributed by atoms with Crippen LogP contribution in [0.25, 0.3) is 0 Å². The van der Waals surface area contributed by atoms with Crippen LogP contribution in [0.5, 0.6) is 11.5 Å². The van der Waals surface area contributed by atoms with Gasteiger partial charge in [0.05, 0.1) is 19.2 Å². The summed E-state index contributed by atoms with van der Waals surface area (Å²) in [5.74, 6) is -0.887. The van der Waals surface area contributed by atoms with Crippen molar-refractivity contribution < 1.29 is 19.4 Å². The largest absolute Gasteiger partial charge is 0.505 e. The summed E-state index contributed by atoms with van der Waals surface area (Å²) in [4.78, 5) is 11.7. The maximum absolute atomic E-state index is 11.7. The topological polar surface area (TPSA) is 55.8 Å². The first-order chi connectivity index (χ1) is 8.49. The molecule has 0 fully saturated rings. The van der Waals surface area contributed by atoms with Gasteiger partial charge in [-0.25, -0.2) is 4.79 Å². The molecule has 6 heteroatoms. The molecular weight excluding hydrogens is 279 g/mol. The Morgan fingerprint density at radius 3 is 2.33 bits per heavy atom. The third kappa shape index (κ3) is 2.49.